The first-order valence-corrected chi connectivity index (χ1v) is 6.04. The minimum absolute atomic E-state index is 0.146. The topological polar surface area (TPSA) is 81.2 Å². The summed E-state index contributed by atoms with van der Waals surface area (Å²) < 4.78 is 4.90. The average Bonchev–Trinajstić information content (AvgIpc) is 2.75. The van der Waals surface area contributed by atoms with E-state index in [4.69, 9.17) is 22.5 Å². The number of hydrogen-bond acceptors (Lipinski definition) is 4. The highest BCUT2D eigenvalue weighted by Gasteiger charge is 2.15. The summed E-state index contributed by atoms with van der Waals surface area (Å²) >= 11 is 5.00. The molecule has 3 N–H and O–H groups in total. The predicted octanol–water partition coefficient (Wildman–Crippen LogP) is 2.18. The molecule has 0 saturated carbocycles. The number of carbonyl (C=O) groups is 1. The fraction of sp³-hybridized carbons (Fsp3) is 0.154. The van der Waals surface area contributed by atoms with Gasteiger partial charge < -0.3 is 15.6 Å². The Bertz CT molecular complexity index is 649. The number of nitrogens with two attached hydrogens (primary N) is 1. The first kappa shape index (κ1) is 13.2. The molecule has 0 bridgehead atoms. The number of carbonyl (C=O) groups excluding carboxylic acids is 1. The average molecular weight is 275 g/mol. The molecule has 1 heterocycles. The zero-order valence-electron chi connectivity index (χ0n) is 10.6. The van der Waals surface area contributed by atoms with Crippen LogP contribution in [0.15, 0.2) is 28.8 Å². The Morgan fingerprint density at radius 2 is 2.16 bits per heavy atom. The molecule has 1 aromatic heterocycles. The van der Waals surface area contributed by atoms with E-state index in [-0.39, 0.29) is 16.7 Å². The van der Waals surface area contributed by atoms with E-state index in [1.54, 1.807) is 19.1 Å². The van der Waals surface area contributed by atoms with Crippen LogP contribution < -0.4 is 11.1 Å². The summed E-state index contributed by atoms with van der Waals surface area (Å²) in [6.45, 7) is 3.62. The van der Waals surface area contributed by atoms with Gasteiger partial charge in [0.1, 0.15) is 4.99 Å². The first-order chi connectivity index (χ1) is 8.99. The molecule has 1 amide bonds. The molecule has 0 radical (unpaired) electrons. The van der Waals surface area contributed by atoms with Gasteiger partial charge in [0.2, 0.25) is 5.76 Å². The zero-order chi connectivity index (χ0) is 14.0. The molecule has 6 heteroatoms. The number of rotatable bonds is 3. The van der Waals surface area contributed by atoms with Crippen molar-refractivity contribution in [2.24, 2.45) is 5.73 Å². The number of aromatic nitrogens is 1. The van der Waals surface area contributed by atoms with Gasteiger partial charge in [-0.3, -0.25) is 4.79 Å². The molecular weight excluding hydrogens is 262 g/mol. The van der Waals surface area contributed by atoms with Crippen LogP contribution in [0.4, 0.5) is 5.69 Å². The van der Waals surface area contributed by atoms with Crippen molar-refractivity contribution in [2.45, 2.75) is 13.8 Å². The van der Waals surface area contributed by atoms with Crippen LogP contribution in [-0.2, 0) is 0 Å². The molecule has 0 aliphatic carbocycles. The van der Waals surface area contributed by atoms with E-state index >= 15 is 0 Å². The van der Waals surface area contributed by atoms with Crippen LogP contribution in [0.1, 0.15) is 27.4 Å². The Morgan fingerprint density at radius 3 is 2.74 bits per heavy atom. The highest BCUT2D eigenvalue weighted by Crippen LogP contribution is 2.20. The zero-order valence-corrected chi connectivity index (χ0v) is 11.4. The summed E-state index contributed by atoms with van der Waals surface area (Å²) in [6, 6.07) is 7.00. The molecule has 2 aromatic rings. The van der Waals surface area contributed by atoms with Crippen LogP contribution in [0.3, 0.4) is 0 Å². The van der Waals surface area contributed by atoms with Gasteiger partial charge in [-0.2, -0.15) is 0 Å². The number of hydrogen-bond donors (Lipinski definition) is 2. The van der Waals surface area contributed by atoms with Crippen LogP contribution in [0.5, 0.6) is 0 Å². The monoisotopic (exact) mass is 275 g/mol. The van der Waals surface area contributed by atoms with E-state index in [0.717, 1.165) is 5.56 Å². The summed E-state index contributed by atoms with van der Waals surface area (Å²) in [5.41, 5.74) is 8.44. The molecule has 0 atom stereocenters. The lowest BCUT2D eigenvalue weighted by atomic mass is 10.1. The van der Waals surface area contributed by atoms with Gasteiger partial charge >= 0.3 is 0 Å². The van der Waals surface area contributed by atoms with Crippen molar-refractivity contribution in [1.29, 1.82) is 0 Å². The smallest absolute Gasteiger partial charge is 0.294 e. The summed E-state index contributed by atoms with van der Waals surface area (Å²) in [6.07, 6.45) is 0. The quantitative estimate of drug-likeness (QED) is 0.839. The van der Waals surface area contributed by atoms with Crippen molar-refractivity contribution in [2.75, 3.05) is 5.32 Å². The van der Waals surface area contributed by atoms with Crippen molar-refractivity contribution in [3.8, 4) is 0 Å². The fourth-order valence-electron chi connectivity index (χ4n) is 1.75. The van der Waals surface area contributed by atoms with Gasteiger partial charge in [-0.1, -0.05) is 29.5 Å². The van der Waals surface area contributed by atoms with Gasteiger partial charge in [0.25, 0.3) is 5.91 Å². The molecule has 5 nitrogen and oxygen atoms in total. The standard InChI is InChI=1S/C13H13N3O2S/c1-7-4-3-5-9(11(7)12(14)19)15-13(17)10-6-8(2)16-18-10/h3-6H,1-2H3,(H2,14,19)(H,15,17). The van der Waals surface area contributed by atoms with Crippen LogP contribution >= 0.6 is 12.2 Å². The molecule has 0 fully saturated rings. The number of aryl methyl sites for hydroxylation is 2. The summed E-state index contributed by atoms with van der Waals surface area (Å²) in [7, 11) is 0. The van der Waals surface area contributed by atoms with E-state index < -0.39 is 0 Å². The molecule has 0 spiro atoms. The maximum Gasteiger partial charge on any atom is 0.294 e. The van der Waals surface area contributed by atoms with E-state index in [9.17, 15) is 4.79 Å². The SMILES string of the molecule is Cc1cc(C(=O)Nc2cccc(C)c2C(N)=S)on1. The third-order valence-electron chi connectivity index (χ3n) is 2.62. The van der Waals surface area contributed by atoms with E-state index in [2.05, 4.69) is 10.5 Å². The van der Waals surface area contributed by atoms with E-state index in [1.165, 1.54) is 0 Å². The van der Waals surface area contributed by atoms with Gasteiger partial charge in [0.05, 0.1) is 11.4 Å². The normalized spacial score (nSPS) is 10.2. The maximum absolute atomic E-state index is 12.0. The highest BCUT2D eigenvalue weighted by atomic mass is 32.1. The van der Waals surface area contributed by atoms with Crippen molar-refractivity contribution < 1.29 is 9.32 Å². The number of nitrogens with one attached hydrogen (secondary N) is 1. The third-order valence-corrected chi connectivity index (χ3v) is 2.82. The fourth-order valence-corrected chi connectivity index (χ4v) is 2.02. The second-order valence-corrected chi connectivity index (χ2v) is 4.59. The van der Waals surface area contributed by atoms with Gasteiger partial charge in [-0.25, -0.2) is 0 Å². The molecule has 19 heavy (non-hydrogen) atoms. The van der Waals surface area contributed by atoms with Crippen molar-refractivity contribution in [3.63, 3.8) is 0 Å². The van der Waals surface area contributed by atoms with Crippen LogP contribution in [0, 0.1) is 13.8 Å². The molecule has 0 unspecified atom stereocenters. The molecule has 0 aliphatic rings. The Kier molecular flexibility index (Phi) is 3.62. The molecule has 2 rings (SSSR count). The van der Waals surface area contributed by atoms with Gasteiger partial charge in [0, 0.05) is 11.6 Å². The maximum atomic E-state index is 12.0. The van der Waals surface area contributed by atoms with Crippen molar-refractivity contribution in [3.05, 3.63) is 46.8 Å². The van der Waals surface area contributed by atoms with E-state index in [0.29, 0.717) is 16.9 Å². The Labute approximate surface area is 115 Å². The lowest BCUT2D eigenvalue weighted by molar-refractivity contribution is 0.0988. The Balaban J connectivity index is 2.31. The Morgan fingerprint density at radius 1 is 1.42 bits per heavy atom. The molecular formula is C13H13N3O2S. The van der Waals surface area contributed by atoms with Gasteiger partial charge in [0.15, 0.2) is 0 Å². The summed E-state index contributed by atoms with van der Waals surface area (Å²) in [4.78, 5) is 12.2. The predicted molar refractivity (Wildman–Crippen MR) is 76.3 cm³/mol. The number of thiocarbonyl (C=S) groups is 1. The second kappa shape index (κ2) is 5.19. The molecule has 0 saturated heterocycles. The Hall–Kier alpha value is -2.21. The highest BCUT2D eigenvalue weighted by molar-refractivity contribution is 7.80. The van der Waals surface area contributed by atoms with Crippen molar-refractivity contribution >= 4 is 28.8 Å². The number of anilines is 1. The molecule has 0 aliphatic heterocycles. The lowest BCUT2D eigenvalue weighted by Gasteiger charge is -2.11. The molecule has 98 valence electrons. The van der Waals surface area contributed by atoms with Crippen molar-refractivity contribution in [1.82, 2.24) is 5.16 Å². The van der Waals surface area contributed by atoms with E-state index in [1.807, 2.05) is 19.1 Å². The lowest BCUT2D eigenvalue weighted by Crippen LogP contribution is -2.18. The number of nitrogens with zero attached hydrogens (tertiary/aromatic N) is 1. The third kappa shape index (κ3) is 2.79. The summed E-state index contributed by atoms with van der Waals surface area (Å²) in [5, 5.41) is 6.39. The minimum Gasteiger partial charge on any atom is -0.389 e. The van der Waals surface area contributed by atoms with Gasteiger partial charge in [-0.05, 0) is 25.5 Å². The second-order valence-electron chi connectivity index (χ2n) is 4.15. The number of amides is 1. The van der Waals surface area contributed by atoms with Crippen LogP contribution in [0.2, 0.25) is 0 Å². The largest absolute Gasteiger partial charge is 0.389 e. The first-order valence-electron chi connectivity index (χ1n) is 5.63. The van der Waals surface area contributed by atoms with Crippen LogP contribution in [0.25, 0.3) is 0 Å². The summed E-state index contributed by atoms with van der Waals surface area (Å²) in [5.74, 6) is -0.239. The number of benzene rings is 1. The van der Waals surface area contributed by atoms with Gasteiger partial charge in [-0.15, -0.1) is 0 Å². The molecule has 1 aromatic carbocycles. The minimum atomic E-state index is -0.385. The van der Waals surface area contributed by atoms with Crippen LogP contribution in [-0.4, -0.2) is 16.1 Å².